The average molecular weight is 437 g/mol. The lowest BCUT2D eigenvalue weighted by Crippen LogP contribution is -2.22. The molecule has 0 unspecified atom stereocenters. The number of anilines is 2. The first-order chi connectivity index (χ1) is 14.0. The van der Waals surface area contributed by atoms with Gasteiger partial charge in [-0.1, -0.05) is 29.8 Å². The smallest absolute Gasteiger partial charge is 0.230 e. The van der Waals surface area contributed by atoms with Crippen LogP contribution in [0.4, 0.5) is 10.8 Å². The van der Waals surface area contributed by atoms with Gasteiger partial charge in [0.1, 0.15) is 11.1 Å². The van der Waals surface area contributed by atoms with Crippen LogP contribution < -0.4 is 4.90 Å². The van der Waals surface area contributed by atoms with E-state index < -0.39 is 0 Å². The fourth-order valence-electron chi connectivity index (χ4n) is 2.76. The number of hydrogen-bond donors (Lipinski definition) is 0. The molecule has 0 aliphatic heterocycles. The van der Waals surface area contributed by atoms with Gasteiger partial charge in [0.25, 0.3) is 0 Å². The second-order valence-corrected chi connectivity index (χ2v) is 8.35. The number of carbonyl (C=O) groups excluding carboxylic acids is 1. The highest BCUT2D eigenvalue weighted by atomic mass is 35.5. The molecule has 2 aromatic heterocycles. The van der Waals surface area contributed by atoms with Crippen LogP contribution in [0.25, 0.3) is 21.9 Å². The van der Waals surface area contributed by atoms with Gasteiger partial charge in [0.15, 0.2) is 5.13 Å². The summed E-state index contributed by atoms with van der Waals surface area (Å²) in [4.78, 5) is 22.8. The molecule has 0 aliphatic carbocycles. The molecule has 1 amide bonds. The molecular formula is C21H13ClN4OS2. The number of thiazole rings is 2. The van der Waals surface area contributed by atoms with Crippen LogP contribution in [0, 0.1) is 11.3 Å². The van der Waals surface area contributed by atoms with Crippen molar-refractivity contribution in [3.05, 3.63) is 69.6 Å². The van der Waals surface area contributed by atoms with Crippen LogP contribution in [0.2, 0.25) is 5.02 Å². The number of fused-ring (bicyclic) bond motifs is 1. The van der Waals surface area contributed by atoms with Gasteiger partial charge in [0.2, 0.25) is 5.91 Å². The number of nitriles is 1. The Balaban J connectivity index is 1.70. The Hall–Kier alpha value is -3.05. The highest BCUT2D eigenvalue weighted by molar-refractivity contribution is 7.19. The highest BCUT2D eigenvalue weighted by Crippen LogP contribution is 2.32. The number of aromatic nitrogens is 2. The quantitative estimate of drug-likeness (QED) is 0.359. The Morgan fingerprint density at radius 1 is 1.21 bits per heavy atom. The Kier molecular flexibility index (Phi) is 5.41. The van der Waals surface area contributed by atoms with E-state index in [1.54, 1.807) is 35.7 Å². The zero-order valence-electron chi connectivity index (χ0n) is 15.2. The molecule has 0 spiro atoms. The number of allylic oxidation sites excluding steroid dienone is 1. The number of benzene rings is 2. The van der Waals surface area contributed by atoms with Crippen molar-refractivity contribution < 1.29 is 4.79 Å². The summed E-state index contributed by atoms with van der Waals surface area (Å²) >= 11 is 8.85. The van der Waals surface area contributed by atoms with E-state index in [1.807, 2.05) is 24.3 Å². The lowest BCUT2D eigenvalue weighted by molar-refractivity contribution is -0.115. The summed E-state index contributed by atoms with van der Waals surface area (Å²) < 4.78 is 1.02. The molecule has 4 aromatic rings. The average Bonchev–Trinajstić information content (AvgIpc) is 3.32. The topological polar surface area (TPSA) is 69.9 Å². The molecule has 2 heterocycles. The third kappa shape index (κ3) is 4.05. The van der Waals surface area contributed by atoms with Gasteiger partial charge < -0.3 is 0 Å². The fraction of sp³-hybridized carbons (Fsp3) is 0.0476. The summed E-state index contributed by atoms with van der Waals surface area (Å²) in [5.74, 6) is -0.177. The van der Waals surface area contributed by atoms with E-state index in [-0.39, 0.29) is 5.91 Å². The van der Waals surface area contributed by atoms with Gasteiger partial charge in [-0.15, -0.1) is 22.7 Å². The van der Waals surface area contributed by atoms with Gasteiger partial charge in [0, 0.05) is 17.3 Å². The molecule has 0 N–H and O–H groups in total. The first kappa shape index (κ1) is 19.3. The Bertz CT molecular complexity index is 1250. The van der Waals surface area contributed by atoms with E-state index in [0.717, 1.165) is 10.2 Å². The number of halogens is 1. The molecule has 0 fully saturated rings. The first-order valence-corrected chi connectivity index (χ1v) is 10.6. The van der Waals surface area contributed by atoms with Crippen molar-refractivity contribution in [3.63, 3.8) is 0 Å². The van der Waals surface area contributed by atoms with Gasteiger partial charge in [-0.25, -0.2) is 9.97 Å². The number of para-hydroxylation sites is 1. The molecule has 5 nitrogen and oxygen atoms in total. The molecule has 142 valence electrons. The predicted octanol–water partition coefficient (Wildman–Crippen LogP) is 6.15. The molecule has 2 aromatic carbocycles. The van der Waals surface area contributed by atoms with Crippen molar-refractivity contribution >= 4 is 72.9 Å². The Labute approximate surface area is 180 Å². The molecule has 0 atom stereocenters. The summed E-state index contributed by atoms with van der Waals surface area (Å²) in [7, 11) is 0. The van der Waals surface area contributed by atoms with Crippen LogP contribution in [0.15, 0.2) is 53.9 Å². The maximum atomic E-state index is 12.2. The van der Waals surface area contributed by atoms with Crippen LogP contribution in [0.1, 0.15) is 17.6 Å². The summed E-state index contributed by atoms with van der Waals surface area (Å²) in [6.07, 6.45) is 1.69. The van der Waals surface area contributed by atoms with E-state index >= 15 is 0 Å². The molecule has 0 aliphatic rings. The highest BCUT2D eigenvalue weighted by Gasteiger charge is 2.18. The van der Waals surface area contributed by atoms with Gasteiger partial charge in [-0.05, 0) is 36.4 Å². The molecule has 0 radical (unpaired) electrons. The van der Waals surface area contributed by atoms with E-state index in [1.165, 1.54) is 34.5 Å². The normalized spacial score (nSPS) is 11.4. The number of amides is 1. The zero-order valence-corrected chi connectivity index (χ0v) is 17.6. The minimum atomic E-state index is -0.177. The van der Waals surface area contributed by atoms with Gasteiger partial charge >= 0.3 is 0 Å². The van der Waals surface area contributed by atoms with Gasteiger partial charge in [-0.3, -0.25) is 9.69 Å². The molecule has 29 heavy (non-hydrogen) atoms. The number of hydrogen-bond acceptors (Lipinski definition) is 6. The Morgan fingerprint density at radius 3 is 2.76 bits per heavy atom. The number of rotatable bonds is 4. The third-order valence-corrected chi connectivity index (χ3v) is 6.17. The Morgan fingerprint density at radius 2 is 2.03 bits per heavy atom. The predicted molar refractivity (Wildman–Crippen MR) is 119 cm³/mol. The van der Waals surface area contributed by atoms with Crippen molar-refractivity contribution in [1.82, 2.24) is 9.97 Å². The lowest BCUT2D eigenvalue weighted by Gasteiger charge is -2.18. The summed E-state index contributed by atoms with van der Waals surface area (Å²) in [6, 6.07) is 17.0. The fourth-order valence-corrected chi connectivity index (χ4v) is 4.73. The second kappa shape index (κ2) is 8.13. The van der Waals surface area contributed by atoms with Crippen LogP contribution in [-0.2, 0) is 4.79 Å². The van der Waals surface area contributed by atoms with Crippen LogP contribution >= 0.6 is 34.3 Å². The molecule has 0 saturated heterocycles. The molecule has 8 heteroatoms. The summed E-state index contributed by atoms with van der Waals surface area (Å²) in [6.45, 7) is 1.47. The molecular weight excluding hydrogens is 424 g/mol. The molecule has 4 rings (SSSR count). The van der Waals surface area contributed by atoms with Crippen LogP contribution in [-0.4, -0.2) is 15.9 Å². The van der Waals surface area contributed by atoms with Crippen molar-refractivity contribution in [2.75, 3.05) is 4.90 Å². The summed E-state index contributed by atoms with van der Waals surface area (Å²) in [5.41, 5.74) is 2.52. The minimum Gasteiger partial charge on any atom is -0.274 e. The maximum Gasteiger partial charge on any atom is 0.230 e. The monoisotopic (exact) mass is 436 g/mol. The van der Waals surface area contributed by atoms with Crippen molar-refractivity contribution in [1.29, 1.82) is 5.26 Å². The van der Waals surface area contributed by atoms with Gasteiger partial charge in [0.05, 0.1) is 27.2 Å². The van der Waals surface area contributed by atoms with Crippen molar-refractivity contribution in [2.24, 2.45) is 0 Å². The van der Waals surface area contributed by atoms with E-state index in [2.05, 4.69) is 16.0 Å². The largest absolute Gasteiger partial charge is 0.274 e. The zero-order chi connectivity index (χ0) is 20.4. The SMILES string of the molecule is CC(=O)N(c1cccc(Cl)c1)c1nc(C=C(C#N)c2nc3ccccc3s2)cs1. The van der Waals surface area contributed by atoms with E-state index in [4.69, 9.17) is 11.6 Å². The first-order valence-electron chi connectivity index (χ1n) is 8.54. The van der Waals surface area contributed by atoms with Gasteiger partial charge in [-0.2, -0.15) is 5.26 Å². The number of carbonyl (C=O) groups is 1. The summed E-state index contributed by atoms with van der Waals surface area (Å²) in [5, 5.41) is 13.1. The van der Waals surface area contributed by atoms with E-state index in [0.29, 0.717) is 32.1 Å². The molecule has 0 bridgehead atoms. The second-order valence-electron chi connectivity index (χ2n) is 6.05. The lowest BCUT2D eigenvalue weighted by atomic mass is 10.2. The van der Waals surface area contributed by atoms with Crippen molar-refractivity contribution in [3.8, 4) is 6.07 Å². The minimum absolute atomic E-state index is 0.177. The molecule has 0 saturated carbocycles. The standard InChI is InChI=1S/C21H13ClN4OS2/c1-13(27)26(17-6-4-5-15(22)10-17)21-24-16(12-28-21)9-14(11-23)20-25-18-7-2-3-8-19(18)29-20/h2-10,12H,1H3. The maximum absolute atomic E-state index is 12.2. The van der Waals surface area contributed by atoms with E-state index in [9.17, 15) is 10.1 Å². The van der Waals surface area contributed by atoms with Crippen LogP contribution in [0.3, 0.4) is 0 Å². The third-order valence-electron chi connectivity index (χ3n) is 4.02. The van der Waals surface area contributed by atoms with Crippen LogP contribution in [0.5, 0.6) is 0 Å². The van der Waals surface area contributed by atoms with Crippen molar-refractivity contribution in [2.45, 2.75) is 6.92 Å². The number of nitrogens with zero attached hydrogens (tertiary/aromatic N) is 4.